The second-order valence-electron chi connectivity index (χ2n) is 6.94. The Morgan fingerprint density at radius 3 is 2.97 bits per heavy atom. The normalized spacial score (nSPS) is 19.9. The molecule has 0 unspecified atom stereocenters. The highest BCUT2D eigenvalue weighted by atomic mass is 35.5. The number of aliphatic hydroxyl groups is 1. The average Bonchev–Trinajstić information content (AvgIpc) is 3.06. The van der Waals surface area contributed by atoms with Gasteiger partial charge in [0.1, 0.15) is 18.5 Å². The third-order valence-corrected chi connectivity index (χ3v) is 4.92. The van der Waals surface area contributed by atoms with Crippen molar-refractivity contribution in [2.24, 2.45) is 11.8 Å². The van der Waals surface area contributed by atoms with Gasteiger partial charge in [-0.25, -0.2) is 0 Å². The van der Waals surface area contributed by atoms with Gasteiger partial charge in [-0.05, 0) is 49.5 Å². The summed E-state index contributed by atoms with van der Waals surface area (Å²) >= 11 is 5.91. The summed E-state index contributed by atoms with van der Waals surface area (Å²) in [7, 11) is 1.63. The first-order valence-electron chi connectivity index (χ1n) is 9.82. The number of aliphatic hydroxyl groups excluding tert-OH is 1. The minimum atomic E-state index is -0.816. The van der Waals surface area contributed by atoms with E-state index in [0.29, 0.717) is 17.2 Å². The maximum absolute atomic E-state index is 12.1. The topological polar surface area (TPSA) is 75.6 Å². The van der Waals surface area contributed by atoms with Crippen molar-refractivity contribution in [3.8, 4) is 5.75 Å². The Morgan fingerprint density at radius 2 is 2.21 bits per heavy atom. The highest BCUT2D eigenvalue weighted by Crippen LogP contribution is 2.27. The molecule has 156 valence electrons. The molecule has 0 aromatic heterocycles. The van der Waals surface area contributed by atoms with Gasteiger partial charge in [0.15, 0.2) is 5.78 Å². The molecule has 0 saturated carbocycles. The van der Waals surface area contributed by atoms with Crippen LogP contribution in [0, 0.1) is 11.8 Å². The molecule has 1 aromatic carbocycles. The quantitative estimate of drug-likeness (QED) is 0.423. The van der Waals surface area contributed by atoms with Crippen LogP contribution in [0.2, 0.25) is 5.02 Å². The van der Waals surface area contributed by atoms with E-state index in [0.717, 1.165) is 19.3 Å². The highest BCUT2D eigenvalue weighted by Gasteiger charge is 2.26. The standard InChI is InChI=1S/C23H28ClNO4/c1-25-23(28)10-5-3-2-4-7-17-11-14-22(27)21(17)13-12-19(26)16-29-20-9-6-8-18(24)15-20/h2,4,6,8-9,11-15,17,19,21,26H,3,5,7,10,16H2,1H3,(H,25,28)/t17-,19+,21+/m0/s1. The second-order valence-corrected chi connectivity index (χ2v) is 7.38. The largest absolute Gasteiger partial charge is 0.491 e. The van der Waals surface area contributed by atoms with E-state index >= 15 is 0 Å². The van der Waals surface area contributed by atoms with Crippen LogP contribution in [-0.4, -0.2) is 36.6 Å². The molecule has 1 aliphatic carbocycles. The van der Waals surface area contributed by atoms with E-state index in [-0.39, 0.29) is 30.1 Å². The Kier molecular flexibility index (Phi) is 9.68. The molecular formula is C23H28ClNO4. The molecule has 1 aliphatic rings. The molecular weight excluding hydrogens is 390 g/mol. The number of halogens is 1. The van der Waals surface area contributed by atoms with Crippen LogP contribution < -0.4 is 10.1 Å². The monoisotopic (exact) mass is 417 g/mol. The molecule has 0 radical (unpaired) electrons. The smallest absolute Gasteiger partial charge is 0.219 e. The molecule has 29 heavy (non-hydrogen) atoms. The molecule has 2 rings (SSSR count). The number of rotatable bonds is 11. The molecule has 0 spiro atoms. The maximum atomic E-state index is 12.1. The minimum absolute atomic E-state index is 0.0437. The van der Waals surface area contributed by atoms with E-state index in [4.69, 9.17) is 16.3 Å². The van der Waals surface area contributed by atoms with Gasteiger partial charge in [0.25, 0.3) is 0 Å². The van der Waals surface area contributed by atoms with Gasteiger partial charge in [0.2, 0.25) is 5.91 Å². The van der Waals surface area contributed by atoms with Gasteiger partial charge in [-0.3, -0.25) is 9.59 Å². The average molecular weight is 418 g/mol. The molecule has 0 heterocycles. The molecule has 2 N–H and O–H groups in total. The number of unbranched alkanes of at least 4 members (excludes halogenated alkanes) is 1. The van der Waals surface area contributed by atoms with E-state index < -0.39 is 6.10 Å². The van der Waals surface area contributed by atoms with Crippen molar-refractivity contribution >= 4 is 23.3 Å². The van der Waals surface area contributed by atoms with Crippen molar-refractivity contribution in [3.63, 3.8) is 0 Å². The SMILES string of the molecule is CNC(=O)CCCC=CC[C@H]1C=CC(=O)[C@@H]1C=C[C@@H](O)COc1cccc(Cl)c1. The first-order valence-corrected chi connectivity index (χ1v) is 10.2. The third-order valence-electron chi connectivity index (χ3n) is 4.68. The molecule has 0 fully saturated rings. The van der Waals surface area contributed by atoms with Crippen molar-refractivity contribution in [3.05, 3.63) is 65.7 Å². The maximum Gasteiger partial charge on any atom is 0.219 e. The lowest BCUT2D eigenvalue weighted by atomic mass is 9.91. The Balaban J connectivity index is 1.76. The zero-order chi connectivity index (χ0) is 21.1. The Labute approximate surface area is 177 Å². The van der Waals surface area contributed by atoms with Crippen LogP contribution in [0.4, 0.5) is 0 Å². The molecule has 1 aromatic rings. The van der Waals surface area contributed by atoms with Gasteiger partial charge in [-0.1, -0.05) is 48.0 Å². The van der Waals surface area contributed by atoms with Crippen molar-refractivity contribution in [2.75, 3.05) is 13.7 Å². The molecule has 6 heteroatoms. The number of carbonyl (C=O) groups excluding carboxylic acids is 2. The lowest BCUT2D eigenvalue weighted by molar-refractivity contribution is -0.120. The number of benzene rings is 1. The van der Waals surface area contributed by atoms with Crippen LogP contribution in [-0.2, 0) is 9.59 Å². The molecule has 3 atom stereocenters. The first-order chi connectivity index (χ1) is 14.0. The highest BCUT2D eigenvalue weighted by molar-refractivity contribution is 6.30. The van der Waals surface area contributed by atoms with Gasteiger partial charge >= 0.3 is 0 Å². The Bertz CT molecular complexity index is 772. The summed E-state index contributed by atoms with van der Waals surface area (Å²) in [6.07, 6.45) is 13.1. The number of nitrogens with one attached hydrogen (secondary N) is 1. The lowest BCUT2D eigenvalue weighted by Crippen LogP contribution is -2.17. The number of amides is 1. The molecule has 1 amide bonds. The fraction of sp³-hybridized carbons (Fsp3) is 0.391. The molecule has 0 bridgehead atoms. The summed E-state index contributed by atoms with van der Waals surface area (Å²) in [5.74, 6) is 0.484. The second kappa shape index (κ2) is 12.2. The number of carbonyl (C=O) groups is 2. The predicted octanol–water partition coefficient (Wildman–Crippen LogP) is 3.87. The number of hydrogen-bond acceptors (Lipinski definition) is 4. The zero-order valence-corrected chi connectivity index (χ0v) is 17.3. The number of ether oxygens (including phenoxy) is 1. The lowest BCUT2D eigenvalue weighted by Gasteiger charge is -2.14. The zero-order valence-electron chi connectivity index (χ0n) is 16.6. The van der Waals surface area contributed by atoms with E-state index in [1.807, 2.05) is 12.2 Å². The van der Waals surface area contributed by atoms with Crippen LogP contribution >= 0.6 is 11.6 Å². The number of allylic oxidation sites excluding steroid dienone is 5. The van der Waals surface area contributed by atoms with Crippen LogP contribution in [0.3, 0.4) is 0 Å². The predicted molar refractivity (Wildman–Crippen MR) is 115 cm³/mol. The summed E-state index contributed by atoms with van der Waals surface area (Å²) in [5, 5.41) is 13.3. The van der Waals surface area contributed by atoms with Gasteiger partial charge < -0.3 is 15.2 Å². The Morgan fingerprint density at radius 1 is 1.38 bits per heavy atom. The number of ketones is 1. The van der Waals surface area contributed by atoms with Gasteiger partial charge in [0, 0.05) is 24.4 Å². The Hall–Kier alpha value is -2.37. The summed E-state index contributed by atoms with van der Waals surface area (Å²) in [6.45, 7) is 0.0844. The van der Waals surface area contributed by atoms with E-state index in [9.17, 15) is 14.7 Å². The summed E-state index contributed by atoms with van der Waals surface area (Å²) in [6, 6.07) is 6.97. The fourth-order valence-corrected chi connectivity index (χ4v) is 3.22. The van der Waals surface area contributed by atoms with Gasteiger partial charge in [-0.2, -0.15) is 0 Å². The van der Waals surface area contributed by atoms with Crippen molar-refractivity contribution in [2.45, 2.75) is 31.8 Å². The summed E-state index contributed by atoms with van der Waals surface area (Å²) in [4.78, 5) is 23.3. The first kappa shape index (κ1) is 22.9. The fourth-order valence-electron chi connectivity index (χ4n) is 3.04. The van der Waals surface area contributed by atoms with E-state index in [1.54, 1.807) is 49.5 Å². The van der Waals surface area contributed by atoms with Crippen molar-refractivity contribution < 1.29 is 19.4 Å². The van der Waals surface area contributed by atoms with Gasteiger partial charge in [0.05, 0.1) is 0 Å². The van der Waals surface area contributed by atoms with Crippen LogP contribution in [0.1, 0.15) is 25.7 Å². The van der Waals surface area contributed by atoms with Crippen LogP contribution in [0.5, 0.6) is 5.75 Å². The van der Waals surface area contributed by atoms with Crippen molar-refractivity contribution in [1.82, 2.24) is 5.32 Å². The van der Waals surface area contributed by atoms with Crippen LogP contribution in [0.15, 0.2) is 60.7 Å². The van der Waals surface area contributed by atoms with E-state index in [2.05, 4.69) is 11.4 Å². The van der Waals surface area contributed by atoms with E-state index in [1.165, 1.54) is 0 Å². The summed E-state index contributed by atoms with van der Waals surface area (Å²) < 4.78 is 5.52. The molecule has 5 nitrogen and oxygen atoms in total. The van der Waals surface area contributed by atoms with Crippen LogP contribution in [0.25, 0.3) is 0 Å². The van der Waals surface area contributed by atoms with Gasteiger partial charge in [-0.15, -0.1) is 0 Å². The summed E-state index contributed by atoms with van der Waals surface area (Å²) in [5.41, 5.74) is 0. The van der Waals surface area contributed by atoms with Crippen molar-refractivity contribution in [1.29, 1.82) is 0 Å². The third kappa shape index (κ3) is 8.26. The minimum Gasteiger partial charge on any atom is -0.491 e. The molecule has 0 aliphatic heterocycles. The molecule has 0 saturated heterocycles. The number of hydrogen-bond donors (Lipinski definition) is 2.